The summed E-state index contributed by atoms with van der Waals surface area (Å²) >= 11 is 0. The number of aromatic nitrogens is 2. The number of nitrogens with zero attached hydrogens (tertiary/aromatic N) is 3. The Morgan fingerprint density at radius 2 is 1.91 bits per heavy atom. The summed E-state index contributed by atoms with van der Waals surface area (Å²) in [4.78, 5) is 8.72. The molecule has 0 atom stereocenters. The predicted molar refractivity (Wildman–Crippen MR) is 86.3 cm³/mol. The van der Waals surface area contributed by atoms with Crippen LogP contribution in [-0.4, -0.2) is 9.97 Å². The van der Waals surface area contributed by atoms with Crippen LogP contribution in [0.1, 0.15) is 5.56 Å². The summed E-state index contributed by atoms with van der Waals surface area (Å²) in [6, 6.07) is 16.8. The van der Waals surface area contributed by atoms with Crippen molar-refractivity contribution in [2.24, 2.45) is 0 Å². The third-order valence-electron chi connectivity index (χ3n) is 3.08. The maximum Gasteiger partial charge on any atom is 0.149 e. The van der Waals surface area contributed by atoms with Crippen LogP contribution in [0.5, 0.6) is 0 Å². The number of benzene rings is 2. The molecule has 0 spiro atoms. The second-order valence-corrected chi connectivity index (χ2v) is 4.73. The normalized spacial score (nSPS) is 9.95. The van der Waals surface area contributed by atoms with Gasteiger partial charge in [0, 0.05) is 16.9 Å². The van der Waals surface area contributed by atoms with E-state index < -0.39 is 0 Å². The minimum Gasteiger partial charge on any atom is -0.399 e. The van der Waals surface area contributed by atoms with Crippen LogP contribution in [0.25, 0.3) is 11.3 Å². The first-order valence-corrected chi connectivity index (χ1v) is 6.70. The van der Waals surface area contributed by atoms with Crippen LogP contribution in [-0.2, 0) is 0 Å². The SMILES string of the molecule is N#Cc1cccc(Nc2cncc(-c3cccc(N)c3)n2)c1. The molecule has 0 saturated heterocycles. The van der Waals surface area contributed by atoms with Crippen LogP contribution < -0.4 is 11.1 Å². The number of hydrogen-bond donors (Lipinski definition) is 2. The van der Waals surface area contributed by atoms with Crippen LogP contribution in [0.15, 0.2) is 60.9 Å². The highest BCUT2D eigenvalue weighted by atomic mass is 15.0. The highest BCUT2D eigenvalue weighted by Crippen LogP contribution is 2.21. The molecule has 0 fully saturated rings. The number of nitriles is 1. The molecule has 106 valence electrons. The van der Waals surface area contributed by atoms with Gasteiger partial charge in [-0.1, -0.05) is 18.2 Å². The maximum absolute atomic E-state index is 8.93. The molecule has 0 unspecified atom stereocenters. The standard InChI is InChI=1S/C17H13N5/c18-9-12-3-1-6-15(7-12)21-17-11-20-10-16(22-17)13-4-2-5-14(19)8-13/h1-8,10-11H,19H2,(H,21,22). The molecule has 5 heteroatoms. The number of hydrogen-bond acceptors (Lipinski definition) is 5. The lowest BCUT2D eigenvalue weighted by Crippen LogP contribution is -1.97. The van der Waals surface area contributed by atoms with E-state index in [-0.39, 0.29) is 0 Å². The fourth-order valence-electron chi connectivity index (χ4n) is 2.08. The summed E-state index contributed by atoms with van der Waals surface area (Å²) in [5, 5.41) is 12.1. The molecular weight excluding hydrogens is 274 g/mol. The monoisotopic (exact) mass is 287 g/mol. The lowest BCUT2D eigenvalue weighted by atomic mass is 10.1. The zero-order chi connectivity index (χ0) is 15.4. The van der Waals surface area contributed by atoms with Crippen molar-refractivity contribution in [2.45, 2.75) is 0 Å². The average Bonchev–Trinajstić information content (AvgIpc) is 2.55. The molecule has 3 N–H and O–H groups in total. The zero-order valence-corrected chi connectivity index (χ0v) is 11.7. The third kappa shape index (κ3) is 3.02. The molecule has 1 heterocycles. The van der Waals surface area contributed by atoms with Crippen LogP contribution in [0, 0.1) is 11.3 Å². The second-order valence-electron chi connectivity index (χ2n) is 4.73. The summed E-state index contributed by atoms with van der Waals surface area (Å²) in [6.45, 7) is 0. The molecule has 22 heavy (non-hydrogen) atoms. The first-order chi connectivity index (χ1) is 10.7. The van der Waals surface area contributed by atoms with Gasteiger partial charge < -0.3 is 11.1 Å². The number of rotatable bonds is 3. The minimum absolute atomic E-state index is 0.588. The molecule has 0 radical (unpaired) electrons. The highest BCUT2D eigenvalue weighted by Gasteiger charge is 2.03. The quantitative estimate of drug-likeness (QED) is 0.721. The molecule has 5 nitrogen and oxygen atoms in total. The zero-order valence-electron chi connectivity index (χ0n) is 11.7. The van der Waals surface area contributed by atoms with E-state index in [2.05, 4.69) is 21.4 Å². The largest absolute Gasteiger partial charge is 0.399 e. The molecule has 1 aromatic heterocycles. The average molecular weight is 287 g/mol. The van der Waals surface area contributed by atoms with Gasteiger partial charge in [0.25, 0.3) is 0 Å². The fraction of sp³-hybridized carbons (Fsp3) is 0. The minimum atomic E-state index is 0.588. The first-order valence-electron chi connectivity index (χ1n) is 6.70. The van der Waals surface area contributed by atoms with Crippen molar-refractivity contribution in [1.82, 2.24) is 9.97 Å². The molecule has 3 rings (SSSR count). The Hall–Kier alpha value is -3.39. The summed E-state index contributed by atoms with van der Waals surface area (Å²) in [6.07, 6.45) is 3.32. The number of anilines is 3. The van der Waals surface area contributed by atoms with E-state index >= 15 is 0 Å². The van der Waals surface area contributed by atoms with Gasteiger partial charge in [-0.3, -0.25) is 4.98 Å². The van der Waals surface area contributed by atoms with Crippen LogP contribution in [0.4, 0.5) is 17.2 Å². The van der Waals surface area contributed by atoms with Crippen molar-refractivity contribution in [3.05, 3.63) is 66.5 Å². The third-order valence-corrected chi connectivity index (χ3v) is 3.08. The number of nitrogens with two attached hydrogens (primary N) is 1. The predicted octanol–water partition coefficient (Wildman–Crippen LogP) is 3.34. The Morgan fingerprint density at radius 3 is 2.73 bits per heavy atom. The van der Waals surface area contributed by atoms with Crippen molar-refractivity contribution in [3.8, 4) is 17.3 Å². The molecule has 0 amide bonds. The van der Waals surface area contributed by atoms with Gasteiger partial charge in [-0.2, -0.15) is 5.26 Å². The van der Waals surface area contributed by atoms with E-state index in [1.54, 1.807) is 24.5 Å². The van der Waals surface area contributed by atoms with Gasteiger partial charge in [-0.25, -0.2) is 4.98 Å². The Morgan fingerprint density at radius 1 is 1.05 bits per heavy atom. The van der Waals surface area contributed by atoms with E-state index in [4.69, 9.17) is 11.0 Å². The van der Waals surface area contributed by atoms with Crippen molar-refractivity contribution >= 4 is 17.2 Å². The Kier molecular flexibility index (Phi) is 3.67. The number of nitrogen functional groups attached to an aromatic ring is 1. The van der Waals surface area contributed by atoms with Gasteiger partial charge in [-0.15, -0.1) is 0 Å². The van der Waals surface area contributed by atoms with Gasteiger partial charge in [0.05, 0.1) is 29.7 Å². The summed E-state index contributed by atoms with van der Waals surface area (Å²) in [5.74, 6) is 0.606. The van der Waals surface area contributed by atoms with Crippen molar-refractivity contribution < 1.29 is 0 Å². The molecule has 0 saturated carbocycles. The van der Waals surface area contributed by atoms with Gasteiger partial charge in [0.15, 0.2) is 0 Å². The van der Waals surface area contributed by atoms with Gasteiger partial charge in [-0.05, 0) is 30.3 Å². The molecular formula is C17H13N5. The lowest BCUT2D eigenvalue weighted by molar-refractivity contribution is 1.20. The Bertz CT molecular complexity index is 851. The van der Waals surface area contributed by atoms with E-state index in [1.807, 2.05) is 36.4 Å². The van der Waals surface area contributed by atoms with Gasteiger partial charge in [0.1, 0.15) is 5.82 Å². The number of nitrogens with one attached hydrogen (secondary N) is 1. The van der Waals surface area contributed by atoms with E-state index in [9.17, 15) is 0 Å². The lowest BCUT2D eigenvalue weighted by Gasteiger charge is -2.07. The van der Waals surface area contributed by atoms with E-state index in [1.165, 1.54) is 0 Å². The van der Waals surface area contributed by atoms with Gasteiger partial charge >= 0.3 is 0 Å². The van der Waals surface area contributed by atoms with Crippen molar-refractivity contribution in [3.63, 3.8) is 0 Å². The first kappa shape index (κ1) is 13.6. The second kappa shape index (κ2) is 5.94. The summed E-state index contributed by atoms with van der Waals surface area (Å²) in [5.41, 5.74) is 9.49. The molecule has 0 aliphatic rings. The van der Waals surface area contributed by atoms with Crippen LogP contribution in [0.2, 0.25) is 0 Å². The smallest absolute Gasteiger partial charge is 0.149 e. The van der Waals surface area contributed by atoms with Crippen LogP contribution >= 0.6 is 0 Å². The van der Waals surface area contributed by atoms with Crippen LogP contribution in [0.3, 0.4) is 0 Å². The molecule has 3 aromatic rings. The highest BCUT2D eigenvalue weighted by molar-refractivity contribution is 5.66. The topological polar surface area (TPSA) is 87.6 Å². The summed E-state index contributed by atoms with van der Waals surface area (Å²) in [7, 11) is 0. The van der Waals surface area contributed by atoms with E-state index in [0.29, 0.717) is 17.1 Å². The molecule has 0 bridgehead atoms. The maximum atomic E-state index is 8.93. The molecule has 0 aliphatic heterocycles. The molecule has 2 aromatic carbocycles. The fourth-order valence-corrected chi connectivity index (χ4v) is 2.08. The summed E-state index contributed by atoms with van der Waals surface area (Å²) < 4.78 is 0. The Balaban J connectivity index is 1.90. The van der Waals surface area contributed by atoms with Crippen molar-refractivity contribution in [1.29, 1.82) is 5.26 Å². The Labute approximate surface area is 128 Å². The molecule has 0 aliphatic carbocycles. The van der Waals surface area contributed by atoms with E-state index in [0.717, 1.165) is 16.9 Å². The van der Waals surface area contributed by atoms with Crippen molar-refractivity contribution in [2.75, 3.05) is 11.1 Å². The van der Waals surface area contributed by atoms with Gasteiger partial charge in [0.2, 0.25) is 0 Å².